The summed E-state index contributed by atoms with van der Waals surface area (Å²) in [5, 5.41) is 6.55. The monoisotopic (exact) mass is 499 g/mol. The summed E-state index contributed by atoms with van der Waals surface area (Å²) in [6, 6.07) is 17.4. The van der Waals surface area contributed by atoms with Gasteiger partial charge in [-0.25, -0.2) is 4.79 Å². The Bertz CT molecular complexity index is 1260. The number of hydrogen-bond donors (Lipinski definition) is 3. The zero-order valence-corrected chi connectivity index (χ0v) is 22.2. The second-order valence-electron chi connectivity index (χ2n) is 9.95. The lowest BCUT2D eigenvalue weighted by atomic mass is 9.90. The van der Waals surface area contributed by atoms with Crippen LogP contribution in [0.4, 0.5) is 5.69 Å². The summed E-state index contributed by atoms with van der Waals surface area (Å²) in [5.74, 6) is -0.557. The molecule has 1 aliphatic heterocycles. The first-order valence-corrected chi connectivity index (χ1v) is 13.0. The number of anilines is 1. The maximum atomic E-state index is 13.3. The van der Waals surface area contributed by atoms with Crippen molar-refractivity contribution in [2.75, 3.05) is 18.5 Å². The van der Waals surface area contributed by atoms with E-state index in [0.29, 0.717) is 38.0 Å². The van der Waals surface area contributed by atoms with Crippen molar-refractivity contribution in [1.82, 2.24) is 5.32 Å². The van der Waals surface area contributed by atoms with Crippen molar-refractivity contribution in [1.29, 1.82) is 0 Å². The molecule has 3 aromatic carbocycles. The minimum Gasteiger partial charge on any atom is -0.462 e. The predicted molar refractivity (Wildman–Crippen MR) is 148 cm³/mol. The summed E-state index contributed by atoms with van der Waals surface area (Å²) in [6.45, 7) is 8.93. The summed E-state index contributed by atoms with van der Waals surface area (Å²) >= 11 is 0. The number of amides is 1. The van der Waals surface area contributed by atoms with Crippen molar-refractivity contribution in [2.45, 2.75) is 59.0 Å². The summed E-state index contributed by atoms with van der Waals surface area (Å²) in [7, 11) is 0. The number of fused-ring (bicyclic) bond motifs is 1. The number of carbonyl (C=O) groups is 2. The molecule has 3 aromatic rings. The largest absolute Gasteiger partial charge is 0.462 e. The van der Waals surface area contributed by atoms with Gasteiger partial charge in [0.15, 0.2) is 0 Å². The third-order valence-electron chi connectivity index (χ3n) is 7.00. The molecule has 1 heterocycles. The molecule has 0 radical (unpaired) electrons. The van der Waals surface area contributed by atoms with E-state index in [-0.39, 0.29) is 17.9 Å². The van der Waals surface area contributed by atoms with E-state index in [1.165, 1.54) is 5.56 Å². The summed E-state index contributed by atoms with van der Waals surface area (Å²) in [5.41, 5.74) is 15.3. The minimum atomic E-state index is -0.671. The number of nitrogens with two attached hydrogens (primary N) is 1. The van der Waals surface area contributed by atoms with Crippen LogP contribution in [0.5, 0.6) is 0 Å². The first-order chi connectivity index (χ1) is 17.8. The number of benzene rings is 3. The average Bonchev–Trinajstić information content (AvgIpc) is 2.86. The van der Waals surface area contributed by atoms with Gasteiger partial charge < -0.3 is 21.1 Å². The highest BCUT2D eigenvalue weighted by Crippen LogP contribution is 2.35. The van der Waals surface area contributed by atoms with Gasteiger partial charge >= 0.3 is 5.97 Å². The molecule has 0 aromatic heterocycles. The Labute approximate surface area is 219 Å². The third-order valence-corrected chi connectivity index (χ3v) is 7.00. The van der Waals surface area contributed by atoms with Gasteiger partial charge in [-0.1, -0.05) is 54.1 Å². The van der Waals surface area contributed by atoms with Gasteiger partial charge in [0.2, 0.25) is 5.91 Å². The van der Waals surface area contributed by atoms with E-state index in [2.05, 4.69) is 61.7 Å². The van der Waals surface area contributed by atoms with Crippen LogP contribution in [0.2, 0.25) is 0 Å². The number of rotatable bonds is 8. The van der Waals surface area contributed by atoms with Crippen LogP contribution in [-0.2, 0) is 22.4 Å². The van der Waals surface area contributed by atoms with Crippen molar-refractivity contribution < 1.29 is 14.3 Å². The molecule has 2 atom stereocenters. The van der Waals surface area contributed by atoms with Crippen LogP contribution in [0.15, 0.2) is 54.6 Å². The lowest BCUT2D eigenvalue weighted by Crippen LogP contribution is -2.45. The van der Waals surface area contributed by atoms with Gasteiger partial charge in [-0.15, -0.1) is 0 Å². The Morgan fingerprint density at radius 2 is 1.76 bits per heavy atom. The van der Waals surface area contributed by atoms with Crippen LogP contribution < -0.4 is 16.4 Å². The van der Waals surface area contributed by atoms with E-state index in [1.54, 1.807) is 6.92 Å². The standard InChI is InChI=1S/C31H37N3O3/c1-5-37-31(36)26-17-23(15-22-9-7-6-8-10-22)16-25-28(11-12-33-29(25)26)34-30(35)27(32)18-24-20(3)13-19(2)14-21(24)4/h6-10,13-14,16-17,27-28,33H,5,11-12,15,18,32H2,1-4H3,(H,34,35)/t27-,28+/m0/s1. The fourth-order valence-electron chi connectivity index (χ4n) is 5.27. The summed E-state index contributed by atoms with van der Waals surface area (Å²) in [6.07, 6.45) is 1.85. The molecule has 0 spiro atoms. The predicted octanol–water partition coefficient (Wildman–Crippen LogP) is 4.92. The van der Waals surface area contributed by atoms with Crippen molar-refractivity contribution in [3.05, 3.63) is 99.1 Å². The molecule has 0 saturated carbocycles. The van der Waals surface area contributed by atoms with Crippen molar-refractivity contribution >= 4 is 17.6 Å². The second-order valence-corrected chi connectivity index (χ2v) is 9.95. The van der Waals surface area contributed by atoms with Crippen molar-refractivity contribution in [3.8, 4) is 0 Å². The molecule has 0 bridgehead atoms. The molecular weight excluding hydrogens is 462 g/mol. The molecule has 0 aliphatic carbocycles. The van der Waals surface area contributed by atoms with E-state index in [1.807, 2.05) is 24.3 Å². The van der Waals surface area contributed by atoms with E-state index in [4.69, 9.17) is 10.5 Å². The van der Waals surface area contributed by atoms with Gasteiger partial charge in [-0.2, -0.15) is 0 Å². The number of ether oxygens (including phenoxy) is 1. The molecule has 0 saturated heterocycles. The highest BCUT2D eigenvalue weighted by molar-refractivity contribution is 5.97. The van der Waals surface area contributed by atoms with E-state index in [0.717, 1.165) is 39.1 Å². The molecule has 4 rings (SSSR count). The van der Waals surface area contributed by atoms with Crippen molar-refractivity contribution in [3.63, 3.8) is 0 Å². The highest BCUT2D eigenvalue weighted by Gasteiger charge is 2.29. The van der Waals surface area contributed by atoms with Gasteiger partial charge in [-0.05, 0) is 86.4 Å². The van der Waals surface area contributed by atoms with Crippen LogP contribution in [0, 0.1) is 20.8 Å². The fourth-order valence-corrected chi connectivity index (χ4v) is 5.27. The molecule has 6 heteroatoms. The average molecular weight is 500 g/mol. The summed E-state index contributed by atoms with van der Waals surface area (Å²) < 4.78 is 5.36. The molecular formula is C31H37N3O3. The number of hydrogen-bond acceptors (Lipinski definition) is 5. The van der Waals surface area contributed by atoms with Crippen LogP contribution in [-0.4, -0.2) is 31.1 Å². The maximum absolute atomic E-state index is 13.3. The second kappa shape index (κ2) is 11.6. The molecule has 0 fully saturated rings. The Kier molecular flexibility index (Phi) is 8.29. The van der Waals surface area contributed by atoms with Crippen LogP contribution in [0.25, 0.3) is 0 Å². The minimum absolute atomic E-state index is 0.191. The topological polar surface area (TPSA) is 93.5 Å². The lowest BCUT2D eigenvalue weighted by Gasteiger charge is -2.30. The molecule has 0 unspecified atom stereocenters. The molecule has 1 amide bonds. The van der Waals surface area contributed by atoms with Gasteiger partial charge in [0.25, 0.3) is 0 Å². The van der Waals surface area contributed by atoms with Gasteiger partial charge in [0.1, 0.15) is 0 Å². The van der Waals surface area contributed by atoms with Gasteiger partial charge in [0, 0.05) is 6.54 Å². The number of carbonyl (C=O) groups excluding carboxylic acids is 2. The Morgan fingerprint density at radius 1 is 1.05 bits per heavy atom. The van der Waals surface area contributed by atoms with Crippen molar-refractivity contribution in [2.24, 2.45) is 5.73 Å². The molecule has 194 valence electrons. The summed E-state index contributed by atoms with van der Waals surface area (Å²) in [4.78, 5) is 26.1. The van der Waals surface area contributed by atoms with Crippen LogP contribution >= 0.6 is 0 Å². The molecule has 37 heavy (non-hydrogen) atoms. The van der Waals surface area contributed by atoms with E-state index < -0.39 is 6.04 Å². The lowest BCUT2D eigenvalue weighted by molar-refractivity contribution is -0.123. The van der Waals surface area contributed by atoms with Gasteiger partial charge in [0.05, 0.1) is 29.9 Å². The number of esters is 1. The Hall–Kier alpha value is -3.64. The van der Waals surface area contributed by atoms with Gasteiger partial charge in [-0.3, -0.25) is 4.79 Å². The van der Waals surface area contributed by atoms with Crippen LogP contribution in [0.1, 0.15) is 68.7 Å². The van der Waals surface area contributed by atoms with Crippen LogP contribution in [0.3, 0.4) is 0 Å². The zero-order valence-electron chi connectivity index (χ0n) is 22.2. The highest BCUT2D eigenvalue weighted by atomic mass is 16.5. The third kappa shape index (κ3) is 6.20. The smallest absolute Gasteiger partial charge is 0.340 e. The molecule has 4 N–H and O–H groups in total. The first-order valence-electron chi connectivity index (χ1n) is 13.0. The molecule has 1 aliphatic rings. The Morgan fingerprint density at radius 3 is 2.43 bits per heavy atom. The zero-order chi connectivity index (χ0) is 26.5. The number of aryl methyl sites for hydroxylation is 3. The molecule has 6 nitrogen and oxygen atoms in total. The quantitative estimate of drug-likeness (QED) is 0.383. The SMILES string of the molecule is CCOC(=O)c1cc(Cc2ccccc2)cc2c1NCC[C@H]2NC(=O)[C@@H](N)Cc1c(C)cc(C)cc1C. The normalized spacial score (nSPS) is 15.3. The Balaban J connectivity index is 1.60. The maximum Gasteiger partial charge on any atom is 0.340 e. The fraction of sp³-hybridized carbons (Fsp3) is 0.355. The van der Waals surface area contributed by atoms with E-state index >= 15 is 0 Å². The number of nitrogens with one attached hydrogen (secondary N) is 2. The first kappa shape index (κ1) is 26.4. The van der Waals surface area contributed by atoms with E-state index in [9.17, 15) is 9.59 Å².